The van der Waals surface area contributed by atoms with Crippen molar-refractivity contribution in [3.8, 4) is 17.6 Å². The molecule has 0 bridgehead atoms. The molecule has 0 aliphatic carbocycles. The maximum absolute atomic E-state index is 13.8. The summed E-state index contributed by atoms with van der Waals surface area (Å²) in [5.74, 6) is 0.888. The zero-order valence-corrected chi connectivity index (χ0v) is 11.8. The minimum absolute atomic E-state index is 0.292. The van der Waals surface area contributed by atoms with Gasteiger partial charge in [-0.3, -0.25) is 0 Å². The summed E-state index contributed by atoms with van der Waals surface area (Å²) in [5.41, 5.74) is 1.52. The van der Waals surface area contributed by atoms with E-state index in [0.717, 1.165) is 5.69 Å². The molecule has 0 aromatic heterocycles. The molecule has 5 heteroatoms. The molecule has 2 rings (SSSR count). The third-order valence-corrected chi connectivity index (χ3v) is 3.06. The molecule has 0 atom stereocenters. The largest absolute Gasteiger partial charge is 0.497 e. The SMILES string of the molecule is COc1ccc(NCc2ccc(C#N)cc2F)c(OC)c1. The van der Waals surface area contributed by atoms with Crippen molar-refractivity contribution in [2.75, 3.05) is 19.5 Å². The summed E-state index contributed by atoms with van der Waals surface area (Å²) in [6.45, 7) is 0.292. The lowest BCUT2D eigenvalue weighted by atomic mass is 10.1. The maximum atomic E-state index is 13.8. The van der Waals surface area contributed by atoms with Crippen LogP contribution in [0.25, 0.3) is 0 Å². The molecule has 108 valence electrons. The minimum atomic E-state index is -0.408. The summed E-state index contributed by atoms with van der Waals surface area (Å²) in [5, 5.41) is 11.8. The van der Waals surface area contributed by atoms with E-state index in [1.165, 1.54) is 6.07 Å². The van der Waals surface area contributed by atoms with Crippen molar-refractivity contribution >= 4 is 5.69 Å². The highest BCUT2D eigenvalue weighted by Crippen LogP contribution is 2.29. The second kappa shape index (κ2) is 6.62. The molecule has 2 aromatic rings. The van der Waals surface area contributed by atoms with E-state index >= 15 is 0 Å². The molecule has 1 N–H and O–H groups in total. The summed E-state index contributed by atoms with van der Waals surface area (Å²) in [7, 11) is 3.14. The van der Waals surface area contributed by atoms with Crippen LogP contribution < -0.4 is 14.8 Å². The zero-order valence-electron chi connectivity index (χ0n) is 11.8. The first kappa shape index (κ1) is 14.7. The fourth-order valence-corrected chi connectivity index (χ4v) is 1.90. The normalized spacial score (nSPS) is 9.81. The monoisotopic (exact) mass is 286 g/mol. The van der Waals surface area contributed by atoms with E-state index in [2.05, 4.69) is 5.32 Å². The Morgan fingerprint density at radius 3 is 2.57 bits per heavy atom. The Bertz CT molecular complexity index is 680. The molecule has 0 fully saturated rings. The van der Waals surface area contributed by atoms with Crippen molar-refractivity contribution in [2.24, 2.45) is 0 Å². The molecular weight excluding hydrogens is 271 g/mol. The number of halogens is 1. The highest BCUT2D eigenvalue weighted by atomic mass is 19.1. The van der Waals surface area contributed by atoms with Crippen LogP contribution in [0.2, 0.25) is 0 Å². The van der Waals surface area contributed by atoms with Crippen LogP contribution in [-0.4, -0.2) is 14.2 Å². The van der Waals surface area contributed by atoms with Gasteiger partial charge in [0.1, 0.15) is 17.3 Å². The summed E-state index contributed by atoms with van der Waals surface area (Å²) >= 11 is 0. The van der Waals surface area contributed by atoms with Crippen LogP contribution in [0.4, 0.5) is 10.1 Å². The van der Waals surface area contributed by atoms with Crippen molar-refractivity contribution in [2.45, 2.75) is 6.54 Å². The Hall–Kier alpha value is -2.74. The molecule has 0 radical (unpaired) electrons. The quantitative estimate of drug-likeness (QED) is 0.916. The Balaban J connectivity index is 2.15. The molecule has 0 amide bonds. The van der Waals surface area contributed by atoms with Gasteiger partial charge in [-0.25, -0.2) is 4.39 Å². The van der Waals surface area contributed by atoms with Gasteiger partial charge in [-0.2, -0.15) is 5.26 Å². The summed E-state index contributed by atoms with van der Waals surface area (Å²) < 4.78 is 24.2. The van der Waals surface area contributed by atoms with E-state index in [1.54, 1.807) is 44.6 Å². The number of nitrogens with zero attached hydrogens (tertiary/aromatic N) is 1. The number of nitrogens with one attached hydrogen (secondary N) is 1. The van der Waals surface area contributed by atoms with Crippen molar-refractivity contribution < 1.29 is 13.9 Å². The molecular formula is C16H15FN2O2. The zero-order chi connectivity index (χ0) is 15.2. The smallest absolute Gasteiger partial charge is 0.145 e. The molecule has 0 aliphatic heterocycles. The Kier molecular flexibility index (Phi) is 4.62. The summed E-state index contributed by atoms with van der Waals surface area (Å²) in [6, 6.07) is 11.7. The molecule has 21 heavy (non-hydrogen) atoms. The van der Waals surface area contributed by atoms with Crippen LogP contribution in [0.15, 0.2) is 36.4 Å². The van der Waals surface area contributed by atoms with Gasteiger partial charge in [-0.15, -0.1) is 0 Å². The predicted molar refractivity (Wildman–Crippen MR) is 78.0 cm³/mol. The number of hydrogen-bond acceptors (Lipinski definition) is 4. The molecule has 0 saturated carbocycles. The van der Waals surface area contributed by atoms with Gasteiger partial charge in [0.2, 0.25) is 0 Å². The second-order valence-corrected chi connectivity index (χ2v) is 4.34. The lowest BCUT2D eigenvalue weighted by Gasteiger charge is -2.13. The van der Waals surface area contributed by atoms with E-state index in [1.807, 2.05) is 6.07 Å². The summed E-state index contributed by atoms with van der Waals surface area (Å²) in [6.07, 6.45) is 0. The van der Waals surface area contributed by atoms with Gasteiger partial charge in [0.15, 0.2) is 0 Å². The first-order chi connectivity index (χ1) is 10.2. The third-order valence-electron chi connectivity index (χ3n) is 3.06. The minimum Gasteiger partial charge on any atom is -0.497 e. The van der Waals surface area contributed by atoms with Crippen LogP contribution in [0.3, 0.4) is 0 Å². The van der Waals surface area contributed by atoms with E-state index in [9.17, 15) is 4.39 Å². The van der Waals surface area contributed by atoms with Gasteiger partial charge in [0.05, 0.1) is 31.5 Å². The van der Waals surface area contributed by atoms with Gasteiger partial charge >= 0.3 is 0 Å². The molecule has 0 spiro atoms. The van der Waals surface area contributed by atoms with Crippen LogP contribution in [-0.2, 0) is 6.54 Å². The molecule has 0 aliphatic rings. The fraction of sp³-hybridized carbons (Fsp3) is 0.188. The van der Waals surface area contributed by atoms with E-state index in [4.69, 9.17) is 14.7 Å². The number of methoxy groups -OCH3 is 2. The lowest BCUT2D eigenvalue weighted by Crippen LogP contribution is -2.03. The Labute approximate surface area is 122 Å². The topological polar surface area (TPSA) is 54.3 Å². The van der Waals surface area contributed by atoms with Crippen LogP contribution in [0.1, 0.15) is 11.1 Å². The van der Waals surface area contributed by atoms with Gasteiger partial charge in [0, 0.05) is 18.2 Å². The van der Waals surface area contributed by atoms with Gasteiger partial charge in [-0.05, 0) is 24.3 Å². The number of nitriles is 1. The van der Waals surface area contributed by atoms with Gasteiger partial charge in [-0.1, -0.05) is 6.07 Å². The van der Waals surface area contributed by atoms with E-state index in [0.29, 0.717) is 29.2 Å². The van der Waals surface area contributed by atoms with Crippen LogP contribution in [0.5, 0.6) is 11.5 Å². The fourth-order valence-electron chi connectivity index (χ4n) is 1.90. The molecule has 0 unspecified atom stereocenters. The number of rotatable bonds is 5. The number of anilines is 1. The van der Waals surface area contributed by atoms with Crippen molar-refractivity contribution in [3.63, 3.8) is 0 Å². The maximum Gasteiger partial charge on any atom is 0.145 e. The predicted octanol–water partition coefficient (Wildman–Crippen LogP) is 3.33. The highest BCUT2D eigenvalue weighted by Gasteiger charge is 2.07. The summed E-state index contributed by atoms with van der Waals surface area (Å²) in [4.78, 5) is 0. The first-order valence-corrected chi connectivity index (χ1v) is 6.32. The molecule has 0 saturated heterocycles. The van der Waals surface area contributed by atoms with E-state index in [-0.39, 0.29) is 0 Å². The van der Waals surface area contributed by atoms with Crippen molar-refractivity contribution in [1.82, 2.24) is 0 Å². The highest BCUT2D eigenvalue weighted by molar-refractivity contribution is 5.59. The van der Waals surface area contributed by atoms with Crippen molar-refractivity contribution in [3.05, 3.63) is 53.3 Å². The third kappa shape index (κ3) is 3.42. The second-order valence-electron chi connectivity index (χ2n) is 4.34. The Morgan fingerprint density at radius 1 is 1.14 bits per heavy atom. The standard InChI is InChI=1S/C16H15FN2O2/c1-20-13-5-6-15(16(8-13)21-2)19-10-12-4-3-11(9-18)7-14(12)17/h3-8,19H,10H2,1-2H3. The van der Waals surface area contributed by atoms with Crippen LogP contribution in [0, 0.1) is 17.1 Å². The number of benzene rings is 2. The molecule has 4 nitrogen and oxygen atoms in total. The Morgan fingerprint density at radius 2 is 1.95 bits per heavy atom. The van der Waals surface area contributed by atoms with Gasteiger partial charge in [0.25, 0.3) is 0 Å². The van der Waals surface area contributed by atoms with Crippen molar-refractivity contribution in [1.29, 1.82) is 5.26 Å². The van der Waals surface area contributed by atoms with Crippen LogP contribution >= 0.6 is 0 Å². The van der Waals surface area contributed by atoms with Gasteiger partial charge < -0.3 is 14.8 Å². The first-order valence-electron chi connectivity index (χ1n) is 6.32. The average Bonchev–Trinajstić information content (AvgIpc) is 2.53. The lowest BCUT2D eigenvalue weighted by molar-refractivity contribution is 0.395. The average molecular weight is 286 g/mol. The molecule has 2 aromatic carbocycles. The number of ether oxygens (including phenoxy) is 2. The molecule has 0 heterocycles. The van der Waals surface area contributed by atoms with E-state index < -0.39 is 5.82 Å². The number of hydrogen-bond donors (Lipinski definition) is 1.